The Bertz CT molecular complexity index is 1710. The number of ether oxygens (including phenoxy) is 1. The number of halogens is 1. The molecule has 3 amide bonds. The van der Waals surface area contributed by atoms with E-state index in [1.807, 2.05) is 37.4 Å². The van der Waals surface area contributed by atoms with Crippen molar-refractivity contribution < 1.29 is 19.1 Å². The maximum atomic E-state index is 14.2. The monoisotopic (exact) mass is 540 g/mol. The van der Waals surface area contributed by atoms with Crippen molar-refractivity contribution in [3.8, 4) is 5.75 Å². The summed E-state index contributed by atoms with van der Waals surface area (Å²) in [5.41, 5.74) is 2.98. The molecule has 0 aliphatic carbocycles. The summed E-state index contributed by atoms with van der Waals surface area (Å²) in [4.78, 5) is 46.8. The zero-order valence-corrected chi connectivity index (χ0v) is 22.0. The van der Waals surface area contributed by atoms with E-state index in [1.165, 1.54) is 12.0 Å². The van der Waals surface area contributed by atoms with Crippen LogP contribution in [0, 0.1) is 18.8 Å². The van der Waals surface area contributed by atoms with Crippen molar-refractivity contribution >= 4 is 51.6 Å². The van der Waals surface area contributed by atoms with Crippen molar-refractivity contribution in [1.82, 2.24) is 10.3 Å². The average molecular weight is 541 g/mol. The van der Waals surface area contributed by atoms with Gasteiger partial charge in [-0.3, -0.25) is 19.7 Å². The molecule has 4 atom stereocenters. The summed E-state index contributed by atoms with van der Waals surface area (Å²) < 4.78 is 5.35. The fourth-order valence-corrected chi connectivity index (χ4v) is 7.02. The molecule has 3 aliphatic heterocycles. The molecular weight excluding hydrogens is 516 g/mol. The first-order valence-electron chi connectivity index (χ1n) is 12.8. The first kappa shape index (κ1) is 23.9. The molecule has 4 aromatic rings. The fourth-order valence-electron chi connectivity index (χ4n) is 6.75. The standard InChI is InChI=1S/C30H25ClN4O4/c1-15-10-17(31)12-21-26(15)33-29(38)30(21)25-24(23(34-30)11-16-14-32-22-9-4-3-8-20(16)22)27(36)35(28(25)37)18-6-5-7-19(13-18)39-2/h3-10,12-14,23-25,32,34H,11H2,1-2H3,(H,33,38)/t23-,24-,25+,30+/m1/s1. The van der Waals surface area contributed by atoms with Crippen LogP contribution in [0.25, 0.3) is 10.9 Å². The first-order valence-corrected chi connectivity index (χ1v) is 13.2. The molecule has 0 bridgehead atoms. The number of aromatic nitrogens is 1. The number of aryl methyl sites for hydroxylation is 1. The van der Waals surface area contributed by atoms with Gasteiger partial charge in [0.1, 0.15) is 11.3 Å². The van der Waals surface area contributed by atoms with Crippen LogP contribution in [-0.4, -0.2) is 35.9 Å². The van der Waals surface area contributed by atoms with E-state index >= 15 is 0 Å². The highest BCUT2D eigenvalue weighted by Gasteiger charge is 2.70. The molecule has 1 aromatic heterocycles. The normalized spacial score (nSPS) is 25.5. The molecule has 2 fully saturated rings. The Kier molecular flexibility index (Phi) is 5.17. The molecular formula is C30H25ClN4O4. The van der Waals surface area contributed by atoms with Gasteiger partial charge in [0.25, 0.3) is 0 Å². The highest BCUT2D eigenvalue weighted by atomic mass is 35.5. The zero-order chi connectivity index (χ0) is 27.1. The summed E-state index contributed by atoms with van der Waals surface area (Å²) in [6.45, 7) is 1.87. The Morgan fingerprint density at radius 2 is 1.85 bits per heavy atom. The van der Waals surface area contributed by atoms with Crippen molar-refractivity contribution in [2.24, 2.45) is 11.8 Å². The van der Waals surface area contributed by atoms with Gasteiger partial charge in [-0.25, -0.2) is 4.90 Å². The van der Waals surface area contributed by atoms with Gasteiger partial charge in [-0.15, -0.1) is 0 Å². The lowest BCUT2D eigenvalue weighted by molar-refractivity contribution is -0.130. The number of methoxy groups -OCH3 is 1. The molecule has 3 N–H and O–H groups in total. The smallest absolute Gasteiger partial charge is 0.250 e. The Morgan fingerprint density at radius 3 is 2.67 bits per heavy atom. The predicted molar refractivity (Wildman–Crippen MR) is 148 cm³/mol. The number of hydrogen-bond acceptors (Lipinski definition) is 5. The van der Waals surface area contributed by atoms with E-state index in [-0.39, 0.29) is 11.8 Å². The van der Waals surface area contributed by atoms with Crippen molar-refractivity contribution in [3.63, 3.8) is 0 Å². The number of imide groups is 1. The van der Waals surface area contributed by atoms with Crippen molar-refractivity contribution in [1.29, 1.82) is 0 Å². The molecule has 0 radical (unpaired) electrons. The summed E-state index contributed by atoms with van der Waals surface area (Å²) in [6.07, 6.45) is 2.37. The van der Waals surface area contributed by atoms with Crippen molar-refractivity contribution in [3.05, 3.63) is 88.6 Å². The van der Waals surface area contributed by atoms with Crippen LogP contribution < -0.4 is 20.3 Å². The zero-order valence-electron chi connectivity index (χ0n) is 21.2. The van der Waals surface area contributed by atoms with Crippen LogP contribution in [0.3, 0.4) is 0 Å². The van der Waals surface area contributed by atoms with Crippen LogP contribution in [0.5, 0.6) is 5.75 Å². The molecule has 9 heteroatoms. The van der Waals surface area contributed by atoms with Gasteiger partial charge in [0.05, 0.1) is 24.6 Å². The third kappa shape index (κ3) is 3.25. The van der Waals surface area contributed by atoms with Crippen LogP contribution in [0.15, 0.2) is 66.9 Å². The predicted octanol–water partition coefficient (Wildman–Crippen LogP) is 4.31. The van der Waals surface area contributed by atoms with E-state index in [2.05, 4.69) is 15.6 Å². The molecule has 2 saturated heterocycles. The first-order chi connectivity index (χ1) is 18.8. The van der Waals surface area contributed by atoms with Gasteiger partial charge >= 0.3 is 0 Å². The Morgan fingerprint density at radius 1 is 1.03 bits per heavy atom. The number of nitrogens with zero attached hydrogens (tertiary/aromatic N) is 1. The number of carbonyl (C=O) groups is 3. The molecule has 8 nitrogen and oxygen atoms in total. The second kappa shape index (κ2) is 8.43. The Hall–Kier alpha value is -4.14. The van der Waals surface area contributed by atoms with E-state index < -0.39 is 29.3 Å². The summed E-state index contributed by atoms with van der Waals surface area (Å²) in [6, 6.07) is 17.8. The van der Waals surface area contributed by atoms with E-state index in [0.29, 0.717) is 34.1 Å². The number of para-hydroxylation sites is 1. The molecule has 196 valence electrons. The quantitative estimate of drug-likeness (QED) is 0.335. The third-order valence-corrected chi connectivity index (χ3v) is 8.63. The molecule has 3 aliphatic rings. The number of fused-ring (bicyclic) bond motifs is 5. The molecule has 3 aromatic carbocycles. The Balaban J connectivity index is 1.40. The summed E-state index contributed by atoms with van der Waals surface area (Å²) in [5.74, 6) is -2.31. The molecule has 39 heavy (non-hydrogen) atoms. The highest BCUT2D eigenvalue weighted by Crippen LogP contribution is 2.55. The summed E-state index contributed by atoms with van der Waals surface area (Å²) in [5, 5.41) is 7.99. The summed E-state index contributed by atoms with van der Waals surface area (Å²) in [7, 11) is 1.53. The molecule has 0 unspecified atom stereocenters. The second-order valence-corrected chi connectivity index (χ2v) is 10.9. The number of hydrogen-bond donors (Lipinski definition) is 3. The number of benzene rings is 3. The van der Waals surface area contributed by atoms with Gasteiger partial charge in [0.2, 0.25) is 17.7 Å². The van der Waals surface area contributed by atoms with Crippen molar-refractivity contribution in [2.45, 2.75) is 24.9 Å². The van der Waals surface area contributed by atoms with Crippen LogP contribution in [0.2, 0.25) is 5.02 Å². The molecule has 1 spiro atoms. The van der Waals surface area contributed by atoms with Gasteiger partial charge in [-0.05, 0) is 54.8 Å². The van der Waals surface area contributed by atoms with Gasteiger partial charge in [-0.1, -0.05) is 35.9 Å². The number of nitrogens with one attached hydrogen (secondary N) is 3. The molecule has 4 heterocycles. The number of anilines is 2. The number of aromatic amines is 1. The van der Waals surface area contributed by atoms with E-state index in [1.54, 1.807) is 36.4 Å². The minimum atomic E-state index is -1.44. The van der Waals surface area contributed by atoms with E-state index in [4.69, 9.17) is 16.3 Å². The van der Waals surface area contributed by atoms with Crippen molar-refractivity contribution in [2.75, 3.05) is 17.3 Å². The average Bonchev–Trinajstić information content (AvgIpc) is 3.64. The lowest BCUT2D eigenvalue weighted by Gasteiger charge is -2.29. The minimum absolute atomic E-state index is 0.340. The van der Waals surface area contributed by atoms with E-state index in [9.17, 15) is 14.4 Å². The topological polar surface area (TPSA) is 104 Å². The van der Waals surface area contributed by atoms with Gasteiger partial charge < -0.3 is 15.0 Å². The van der Waals surface area contributed by atoms with Gasteiger partial charge in [0, 0.05) is 45.5 Å². The SMILES string of the molecule is COc1cccc(N2C(=O)[C@H]3[C@@H](C2=O)[C@]2(N[C@@H]3Cc3c[nH]c4ccccc34)C(=O)Nc3c(C)cc(Cl)cc32)c1. The number of carbonyl (C=O) groups excluding carboxylic acids is 3. The maximum Gasteiger partial charge on any atom is 0.250 e. The van der Waals surface area contributed by atoms with Crippen LogP contribution in [0.4, 0.5) is 11.4 Å². The minimum Gasteiger partial charge on any atom is -0.497 e. The fraction of sp³-hybridized carbons (Fsp3) is 0.233. The highest BCUT2D eigenvalue weighted by molar-refractivity contribution is 6.31. The molecule has 0 saturated carbocycles. The molecule has 7 rings (SSSR count). The second-order valence-electron chi connectivity index (χ2n) is 10.4. The van der Waals surface area contributed by atoms with Crippen LogP contribution in [-0.2, 0) is 26.3 Å². The van der Waals surface area contributed by atoms with E-state index in [0.717, 1.165) is 22.0 Å². The summed E-state index contributed by atoms with van der Waals surface area (Å²) >= 11 is 6.47. The van der Waals surface area contributed by atoms with Gasteiger partial charge in [-0.2, -0.15) is 0 Å². The lowest BCUT2D eigenvalue weighted by Crippen LogP contribution is -2.53. The third-order valence-electron chi connectivity index (χ3n) is 8.41. The number of amides is 3. The Labute approximate surface area is 229 Å². The maximum absolute atomic E-state index is 14.2. The van der Waals surface area contributed by atoms with Crippen LogP contribution >= 0.6 is 11.6 Å². The van der Waals surface area contributed by atoms with Gasteiger partial charge in [0.15, 0.2) is 0 Å². The number of H-pyrrole nitrogens is 1. The van der Waals surface area contributed by atoms with Crippen LogP contribution in [0.1, 0.15) is 16.7 Å². The number of rotatable bonds is 4. The lowest BCUT2D eigenvalue weighted by atomic mass is 9.76. The largest absolute Gasteiger partial charge is 0.497 e.